The number of nitrogens with zero attached hydrogens (tertiary/aromatic N) is 2. The van der Waals surface area contributed by atoms with Gasteiger partial charge in [-0.3, -0.25) is 19.1 Å². The number of amides is 1. The number of benzene rings is 3. The van der Waals surface area contributed by atoms with Crippen LogP contribution in [-0.2, 0) is 17.7 Å². The number of H-pyrrole nitrogens is 1. The number of nitrogen functional groups attached to an aromatic ring is 1. The summed E-state index contributed by atoms with van der Waals surface area (Å²) >= 11 is 0. The number of esters is 1. The molecule has 9 heteroatoms. The van der Waals surface area contributed by atoms with Gasteiger partial charge in [-0.15, -0.1) is 0 Å². The Morgan fingerprint density at radius 3 is 2.41 bits per heavy atom. The fourth-order valence-corrected chi connectivity index (χ4v) is 4.50. The molecule has 3 aromatic carbocycles. The van der Waals surface area contributed by atoms with Crippen LogP contribution in [0.5, 0.6) is 0 Å². The molecule has 1 aromatic heterocycles. The van der Waals surface area contributed by atoms with Crippen LogP contribution in [0.1, 0.15) is 43.5 Å². The standard InChI is InChI=1S/C28H24N4O5/c1-31(23-24(29)32(28(36)30-25(23)33)16-17-8-4-2-5-9-17)26(34)19-12-13-21-20(14-19)15-22(37-27(21)35)18-10-6-3-7-11-18/h2-14,22H,15-16,29H2,1H3,(H,30,33,36). The highest BCUT2D eigenvalue weighted by Gasteiger charge is 2.29. The van der Waals surface area contributed by atoms with Crippen LogP contribution in [0.3, 0.4) is 0 Å². The summed E-state index contributed by atoms with van der Waals surface area (Å²) in [5.41, 5.74) is 7.65. The lowest BCUT2D eigenvalue weighted by atomic mass is 9.93. The van der Waals surface area contributed by atoms with Gasteiger partial charge >= 0.3 is 11.7 Å². The van der Waals surface area contributed by atoms with Gasteiger partial charge in [0.25, 0.3) is 11.5 Å². The van der Waals surface area contributed by atoms with Crippen molar-refractivity contribution in [2.75, 3.05) is 17.7 Å². The minimum Gasteiger partial charge on any atom is -0.454 e. The fourth-order valence-electron chi connectivity index (χ4n) is 4.50. The Balaban J connectivity index is 1.47. The van der Waals surface area contributed by atoms with Crippen molar-refractivity contribution in [3.05, 3.63) is 128 Å². The molecule has 1 aliphatic heterocycles. The van der Waals surface area contributed by atoms with E-state index in [0.29, 0.717) is 17.5 Å². The molecule has 0 aliphatic carbocycles. The molecule has 2 heterocycles. The van der Waals surface area contributed by atoms with E-state index in [2.05, 4.69) is 4.98 Å². The molecule has 0 radical (unpaired) electrons. The Kier molecular flexibility index (Phi) is 6.19. The van der Waals surface area contributed by atoms with Crippen molar-refractivity contribution in [3.63, 3.8) is 0 Å². The number of nitrogens with two attached hydrogens (primary N) is 1. The van der Waals surface area contributed by atoms with E-state index in [1.165, 1.54) is 17.7 Å². The maximum atomic E-state index is 13.4. The van der Waals surface area contributed by atoms with Gasteiger partial charge in [0.1, 0.15) is 11.9 Å². The second-order valence-electron chi connectivity index (χ2n) is 8.81. The van der Waals surface area contributed by atoms with Crippen molar-refractivity contribution in [2.45, 2.75) is 19.1 Å². The topological polar surface area (TPSA) is 127 Å². The predicted molar refractivity (Wildman–Crippen MR) is 139 cm³/mol. The molecule has 1 atom stereocenters. The summed E-state index contributed by atoms with van der Waals surface area (Å²) in [6.07, 6.45) is -0.0649. The Hall–Kier alpha value is -4.92. The van der Waals surface area contributed by atoms with Gasteiger partial charge in [0.15, 0.2) is 5.69 Å². The number of hydrogen-bond donors (Lipinski definition) is 2. The number of fused-ring (bicyclic) bond motifs is 1. The molecule has 37 heavy (non-hydrogen) atoms. The molecule has 1 aliphatic rings. The van der Waals surface area contributed by atoms with Gasteiger partial charge in [0.2, 0.25) is 0 Å². The Labute approximate surface area is 211 Å². The summed E-state index contributed by atoms with van der Waals surface area (Å²) in [7, 11) is 1.42. The molecule has 0 fully saturated rings. The van der Waals surface area contributed by atoms with Gasteiger partial charge in [-0.1, -0.05) is 60.7 Å². The number of hydrogen-bond acceptors (Lipinski definition) is 6. The zero-order chi connectivity index (χ0) is 26.1. The van der Waals surface area contributed by atoms with Crippen LogP contribution in [0.25, 0.3) is 0 Å². The molecule has 0 saturated carbocycles. The number of carbonyl (C=O) groups is 2. The zero-order valence-electron chi connectivity index (χ0n) is 20.0. The van der Waals surface area contributed by atoms with Crippen LogP contribution in [0, 0.1) is 0 Å². The normalized spacial score (nSPS) is 14.5. The number of ether oxygens (including phenoxy) is 1. The van der Waals surface area contributed by atoms with Gasteiger partial charge < -0.3 is 15.4 Å². The molecule has 0 spiro atoms. The molecule has 1 amide bonds. The number of aromatic amines is 1. The van der Waals surface area contributed by atoms with Crippen LogP contribution in [0.4, 0.5) is 11.5 Å². The van der Waals surface area contributed by atoms with Gasteiger partial charge in [-0.2, -0.15) is 0 Å². The van der Waals surface area contributed by atoms with Crippen LogP contribution in [0.2, 0.25) is 0 Å². The average molecular weight is 497 g/mol. The lowest BCUT2D eigenvalue weighted by Crippen LogP contribution is -2.39. The SMILES string of the molecule is CN(C(=O)c1ccc2c(c1)CC(c1ccccc1)OC2=O)c1c(N)n(Cc2ccccc2)c(=O)[nH]c1=O. The predicted octanol–water partition coefficient (Wildman–Crippen LogP) is 2.90. The number of rotatable bonds is 5. The van der Waals surface area contributed by atoms with E-state index in [0.717, 1.165) is 16.0 Å². The number of carbonyl (C=O) groups excluding carboxylic acids is 2. The number of aromatic nitrogens is 2. The van der Waals surface area contributed by atoms with E-state index in [4.69, 9.17) is 10.5 Å². The monoisotopic (exact) mass is 496 g/mol. The highest BCUT2D eigenvalue weighted by Crippen LogP contribution is 2.31. The highest BCUT2D eigenvalue weighted by atomic mass is 16.5. The van der Waals surface area contributed by atoms with Crippen LogP contribution < -0.4 is 21.9 Å². The zero-order valence-corrected chi connectivity index (χ0v) is 20.0. The quantitative estimate of drug-likeness (QED) is 0.409. The molecule has 1 unspecified atom stereocenters. The molecule has 0 bridgehead atoms. The van der Waals surface area contributed by atoms with Crippen molar-refractivity contribution < 1.29 is 14.3 Å². The van der Waals surface area contributed by atoms with Crippen molar-refractivity contribution >= 4 is 23.4 Å². The van der Waals surface area contributed by atoms with Crippen LogP contribution in [-0.4, -0.2) is 28.5 Å². The smallest absolute Gasteiger partial charge is 0.339 e. The second-order valence-corrected chi connectivity index (χ2v) is 8.81. The number of anilines is 2. The first-order valence-corrected chi connectivity index (χ1v) is 11.7. The van der Waals surface area contributed by atoms with Crippen molar-refractivity contribution in [3.8, 4) is 0 Å². The molecule has 186 valence electrons. The fraction of sp³-hybridized carbons (Fsp3) is 0.143. The van der Waals surface area contributed by atoms with E-state index in [1.54, 1.807) is 12.1 Å². The Morgan fingerprint density at radius 1 is 1.03 bits per heavy atom. The third kappa shape index (κ3) is 4.54. The van der Waals surface area contributed by atoms with Crippen molar-refractivity contribution in [1.29, 1.82) is 0 Å². The van der Waals surface area contributed by atoms with Crippen LogP contribution >= 0.6 is 0 Å². The van der Waals surface area contributed by atoms with Gasteiger partial charge in [0.05, 0.1) is 12.1 Å². The summed E-state index contributed by atoms with van der Waals surface area (Å²) in [6, 6.07) is 23.2. The molecular formula is C28H24N4O5. The first-order chi connectivity index (χ1) is 17.8. The van der Waals surface area contributed by atoms with E-state index in [1.807, 2.05) is 60.7 Å². The lowest BCUT2D eigenvalue weighted by Gasteiger charge is -2.26. The van der Waals surface area contributed by atoms with E-state index < -0.39 is 29.2 Å². The van der Waals surface area contributed by atoms with Crippen molar-refractivity contribution in [2.24, 2.45) is 0 Å². The summed E-state index contributed by atoms with van der Waals surface area (Å²) < 4.78 is 6.80. The van der Waals surface area contributed by atoms with Gasteiger partial charge in [-0.25, -0.2) is 9.59 Å². The third-order valence-electron chi connectivity index (χ3n) is 6.44. The van der Waals surface area contributed by atoms with E-state index >= 15 is 0 Å². The molecule has 9 nitrogen and oxygen atoms in total. The summed E-state index contributed by atoms with van der Waals surface area (Å²) in [5.74, 6) is -1.10. The number of nitrogens with one attached hydrogen (secondary N) is 1. The Morgan fingerprint density at radius 2 is 1.70 bits per heavy atom. The maximum Gasteiger partial charge on any atom is 0.339 e. The largest absolute Gasteiger partial charge is 0.454 e. The minimum absolute atomic E-state index is 0.124. The Bertz CT molecular complexity index is 1610. The third-order valence-corrected chi connectivity index (χ3v) is 6.44. The number of cyclic esters (lactones) is 1. The molecular weight excluding hydrogens is 472 g/mol. The van der Waals surface area contributed by atoms with E-state index in [9.17, 15) is 19.2 Å². The van der Waals surface area contributed by atoms with Crippen LogP contribution in [0.15, 0.2) is 88.5 Å². The highest BCUT2D eigenvalue weighted by molar-refractivity contribution is 6.07. The van der Waals surface area contributed by atoms with Crippen molar-refractivity contribution in [1.82, 2.24) is 9.55 Å². The van der Waals surface area contributed by atoms with E-state index in [-0.39, 0.29) is 23.6 Å². The van der Waals surface area contributed by atoms with Gasteiger partial charge in [0, 0.05) is 19.0 Å². The lowest BCUT2D eigenvalue weighted by molar-refractivity contribution is 0.0252. The second kappa shape index (κ2) is 9.62. The summed E-state index contributed by atoms with van der Waals surface area (Å²) in [4.78, 5) is 54.6. The molecule has 0 saturated heterocycles. The minimum atomic E-state index is -0.770. The molecule has 4 aromatic rings. The maximum absolute atomic E-state index is 13.4. The van der Waals surface area contributed by atoms with Gasteiger partial charge in [-0.05, 0) is 34.9 Å². The summed E-state index contributed by atoms with van der Waals surface area (Å²) in [5, 5.41) is 0. The summed E-state index contributed by atoms with van der Waals surface area (Å²) in [6.45, 7) is 0.124. The average Bonchev–Trinajstić information content (AvgIpc) is 2.91. The molecule has 3 N–H and O–H groups in total. The first-order valence-electron chi connectivity index (χ1n) is 11.7. The first kappa shape index (κ1) is 23.8. The molecule has 5 rings (SSSR count).